The first-order valence-corrected chi connectivity index (χ1v) is 6.07. The van der Waals surface area contributed by atoms with Gasteiger partial charge in [-0.05, 0) is 30.3 Å². The summed E-state index contributed by atoms with van der Waals surface area (Å²) >= 11 is 13.5. The maximum Gasteiger partial charge on any atom is 0.119 e. The molecule has 0 atom stereocenters. The summed E-state index contributed by atoms with van der Waals surface area (Å²) in [5, 5.41) is 1.95. The van der Waals surface area contributed by atoms with Gasteiger partial charge in [0.1, 0.15) is 5.03 Å². The number of halogens is 2. The number of nitrogen functional groups attached to an aromatic ring is 1. The normalized spacial score (nSPS) is 10.4. The van der Waals surface area contributed by atoms with Crippen LogP contribution in [-0.4, -0.2) is 4.98 Å². The Labute approximate surface area is 108 Å². The zero-order valence-corrected chi connectivity index (χ0v) is 10.5. The number of nitrogens with zero attached hydrogens (tertiary/aromatic N) is 1. The molecule has 0 aliphatic carbocycles. The van der Waals surface area contributed by atoms with E-state index in [4.69, 9.17) is 28.9 Å². The van der Waals surface area contributed by atoms with Gasteiger partial charge in [-0.2, -0.15) is 0 Å². The molecule has 0 aliphatic heterocycles. The minimum atomic E-state index is 0.603. The van der Waals surface area contributed by atoms with E-state index in [2.05, 4.69) is 4.98 Å². The third kappa shape index (κ3) is 2.61. The third-order valence-electron chi connectivity index (χ3n) is 1.89. The molecule has 82 valence electrons. The highest BCUT2D eigenvalue weighted by Gasteiger charge is 2.06. The summed E-state index contributed by atoms with van der Waals surface area (Å²) in [6.07, 6.45) is 1.69. The summed E-state index contributed by atoms with van der Waals surface area (Å²) in [4.78, 5) is 5.06. The van der Waals surface area contributed by atoms with Crippen LogP contribution in [0, 0.1) is 0 Å². The van der Waals surface area contributed by atoms with Gasteiger partial charge in [0.25, 0.3) is 0 Å². The molecular formula is C11H8Cl2N2S. The monoisotopic (exact) mass is 270 g/mol. The van der Waals surface area contributed by atoms with Crippen LogP contribution >= 0.6 is 35.0 Å². The SMILES string of the molecule is Nc1ccc(Sc2ncccc2Cl)c(Cl)c1. The number of hydrogen-bond acceptors (Lipinski definition) is 3. The predicted molar refractivity (Wildman–Crippen MR) is 69.2 cm³/mol. The second-order valence-corrected chi connectivity index (χ2v) is 4.93. The fraction of sp³-hybridized carbons (Fsp3) is 0. The Hall–Kier alpha value is -0.900. The van der Waals surface area contributed by atoms with Gasteiger partial charge in [0.2, 0.25) is 0 Å². The molecular weight excluding hydrogens is 263 g/mol. The topological polar surface area (TPSA) is 38.9 Å². The molecule has 1 aromatic carbocycles. The molecule has 5 heteroatoms. The van der Waals surface area contributed by atoms with E-state index < -0.39 is 0 Å². The highest BCUT2D eigenvalue weighted by atomic mass is 35.5. The Morgan fingerprint density at radius 1 is 1.12 bits per heavy atom. The van der Waals surface area contributed by atoms with Crippen LogP contribution in [0.5, 0.6) is 0 Å². The summed E-state index contributed by atoms with van der Waals surface area (Å²) in [5.74, 6) is 0. The lowest BCUT2D eigenvalue weighted by Crippen LogP contribution is -1.85. The van der Waals surface area contributed by atoms with Gasteiger partial charge < -0.3 is 5.73 Å². The lowest BCUT2D eigenvalue weighted by atomic mass is 10.3. The van der Waals surface area contributed by atoms with E-state index in [1.54, 1.807) is 30.5 Å². The van der Waals surface area contributed by atoms with E-state index >= 15 is 0 Å². The quantitative estimate of drug-likeness (QED) is 0.835. The van der Waals surface area contributed by atoms with Crippen LogP contribution < -0.4 is 5.73 Å². The van der Waals surface area contributed by atoms with Gasteiger partial charge in [0.05, 0.1) is 10.0 Å². The first-order chi connectivity index (χ1) is 7.66. The van der Waals surface area contributed by atoms with Gasteiger partial charge in [-0.3, -0.25) is 0 Å². The fourth-order valence-electron chi connectivity index (χ4n) is 1.15. The second kappa shape index (κ2) is 4.95. The van der Waals surface area contributed by atoms with Gasteiger partial charge in [-0.1, -0.05) is 35.0 Å². The van der Waals surface area contributed by atoms with Crippen molar-refractivity contribution in [1.82, 2.24) is 4.98 Å². The van der Waals surface area contributed by atoms with Crippen molar-refractivity contribution in [3.05, 3.63) is 46.6 Å². The maximum absolute atomic E-state index is 6.06. The zero-order chi connectivity index (χ0) is 11.5. The molecule has 2 aromatic rings. The maximum atomic E-state index is 6.06. The molecule has 0 spiro atoms. The fourth-order valence-corrected chi connectivity index (χ4v) is 2.47. The molecule has 2 nitrogen and oxygen atoms in total. The summed E-state index contributed by atoms with van der Waals surface area (Å²) in [5.41, 5.74) is 6.26. The molecule has 0 bridgehead atoms. The summed E-state index contributed by atoms with van der Waals surface area (Å²) in [6.45, 7) is 0. The molecule has 0 saturated heterocycles. The van der Waals surface area contributed by atoms with E-state index in [0.717, 1.165) is 9.92 Å². The second-order valence-electron chi connectivity index (χ2n) is 3.08. The molecule has 2 N–H and O–H groups in total. The van der Waals surface area contributed by atoms with Crippen LogP contribution in [0.25, 0.3) is 0 Å². The Morgan fingerprint density at radius 3 is 2.62 bits per heavy atom. The van der Waals surface area contributed by atoms with Crippen LogP contribution in [-0.2, 0) is 0 Å². The van der Waals surface area contributed by atoms with Crippen molar-refractivity contribution in [2.75, 3.05) is 5.73 Å². The molecule has 0 amide bonds. The van der Waals surface area contributed by atoms with Crippen molar-refractivity contribution >= 4 is 40.7 Å². The number of nitrogens with two attached hydrogens (primary N) is 1. The molecule has 1 heterocycles. The van der Waals surface area contributed by atoms with Crippen molar-refractivity contribution in [2.45, 2.75) is 9.92 Å². The van der Waals surface area contributed by atoms with Crippen LogP contribution in [0.1, 0.15) is 0 Å². The Balaban J connectivity index is 2.31. The minimum Gasteiger partial charge on any atom is -0.399 e. The van der Waals surface area contributed by atoms with E-state index in [-0.39, 0.29) is 0 Å². The Kier molecular flexibility index (Phi) is 3.59. The molecule has 16 heavy (non-hydrogen) atoms. The first kappa shape index (κ1) is 11.6. The number of pyridine rings is 1. The van der Waals surface area contributed by atoms with Gasteiger partial charge in [0.15, 0.2) is 0 Å². The Bertz CT molecular complexity index is 517. The molecule has 2 rings (SSSR count). The smallest absolute Gasteiger partial charge is 0.119 e. The number of aromatic nitrogens is 1. The van der Waals surface area contributed by atoms with Crippen LogP contribution in [0.4, 0.5) is 5.69 Å². The minimum absolute atomic E-state index is 0.603. The average Bonchev–Trinajstić information content (AvgIpc) is 2.25. The van der Waals surface area contributed by atoms with Crippen molar-refractivity contribution in [3.63, 3.8) is 0 Å². The summed E-state index contributed by atoms with van der Waals surface area (Å²) in [6, 6.07) is 8.94. The number of benzene rings is 1. The largest absolute Gasteiger partial charge is 0.399 e. The zero-order valence-electron chi connectivity index (χ0n) is 8.15. The molecule has 0 fully saturated rings. The van der Waals surface area contributed by atoms with Gasteiger partial charge in [-0.15, -0.1) is 0 Å². The van der Waals surface area contributed by atoms with Crippen LogP contribution in [0.2, 0.25) is 10.0 Å². The Morgan fingerprint density at radius 2 is 1.94 bits per heavy atom. The number of hydrogen-bond donors (Lipinski definition) is 1. The van der Waals surface area contributed by atoms with Crippen molar-refractivity contribution in [1.29, 1.82) is 0 Å². The van der Waals surface area contributed by atoms with Crippen molar-refractivity contribution in [3.8, 4) is 0 Å². The average molecular weight is 271 g/mol. The molecule has 0 aliphatic rings. The number of rotatable bonds is 2. The lowest BCUT2D eigenvalue weighted by molar-refractivity contribution is 1.13. The van der Waals surface area contributed by atoms with Gasteiger partial charge >= 0.3 is 0 Å². The molecule has 0 unspecified atom stereocenters. The highest BCUT2D eigenvalue weighted by molar-refractivity contribution is 7.99. The summed E-state index contributed by atoms with van der Waals surface area (Å²) in [7, 11) is 0. The van der Waals surface area contributed by atoms with E-state index in [1.807, 2.05) is 6.07 Å². The van der Waals surface area contributed by atoms with Gasteiger partial charge in [-0.25, -0.2) is 4.98 Å². The van der Waals surface area contributed by atoms with E-state index in [0.29, 0.717) is 15.7 Å². The van der Waals surface area contributed by atoms with E-state index in [1.165, 1.54) is 11.8 Å². The van der Waals surface area contributed by atoms with E-state index in [9.17, 15) is 0 Å². The number of anilines is 1. The first-order valence-electron chi connectivity index (χ1n) is 4.50. The standard InChI is InChI=1S/C11H8Cl2N2S/c12-8-2-1-5-15-11(8)16-10-4-3-7(14)6-9(10)13/h1-6H,14H2. The molecule has 0 radical (unpaired) electrons. The third-order valence-corrected chi connectivity index (χ3v) is 3.82. The van der Waals surface area contributed by atoms with Crippen molar-refractivity contribution in [2.24, 2.45) is 0 Å². The van der Waals surface area contributed by atoms with Crippen LogP contribution in [0.15, 0.2) is 46.5 Å². The summed E-state index contributed by atoms with van der Waals surface area (Å²) < 4.78 is 0. The molecule has 0 saturated carbocycles. The molecule has 1 aromatic heterocycles. The van der Waals surface area contributed by atoms with Crippen LogP contribution in [0.3, 0.4) is 0 Å². The predicted octanol–water partition coefficient (Wildman–Crippen LogP) is 4.12. The highest BCUT2D eigenvalue weighted by Crippen LogP contribution is 2.36. The lowest BCUT2D eigenvalue weighted by Gasteiger charge is -2.05. The van der Waals surface area contributed by atoms with Gasteiger partial charge in [0, 0.05) is 16.8 Å². The van der Waals surface area contributed by atoms with Crippen molar-refractivity contribution < 1.29 is 0 Å².